The highest BCUT2D eigenvalue weighted by Gasteiger charge is 2.13. The van der Waals surface area contributed by atoms with Crippen molar-refractivity contribution < 1.29 is 0 Å². The van der Waals surface area contributed by atoms with E-state index >= 15 is 0 Å². The second-order valence-electron chi connectivity index (χ2n) is 4.29. The van der Waals surface area contributed by atoms with Crippen LogP contribution in [0.5, 0.6) is 0 Å². The third-order valence-corrected chi connectivity index (χ3v) is 3.16. The normalized spacial score (nSPS) is 22.1. The van der Waals surface area contributed by atoms with Crippen LogP contribution in [-0.2, 0) is 0 Å². The average molecular weight is 166 g/mol. The molecule has 0 aromatic heterocycles. The molecular formula is C12H22. The van der Waals surface area contributed by atoms with Crippen molar-refractivity contribution in [2.75, 3.05) is 0 Å². The van der Waals surface area contributed by atoms with Gasteiger partial charge in [-0.15, -0.1) is 6.58 Å². The summed E-state index contributed by atoms with van der Waals surface area (Å²) < 4.78 is 0. The van der Waals surface area contributed by atoms with Gasteiger partial charge in [-0.25, -0.2) is 0 Å². The van der Waals surface area contributed by atoms with Crippen LogP contribution in [0.15, 0.2) is 12.7 Å². The molecule has 0 nitrogen and oxygen atoms in total. The van der Waals surface area contributed by atoms with Gasteiger partial charge in [0.2, 0.25) is 0 Å². The molecule has 0 aromatic rings. The summed E-state index contributed by atoms with van der Waals surface area (Å²) in [4.78, 5) is 0. The van der Waals surface area contributed by atoms with E-state index in [9.17, 15) is 0 Å². The Bertz CT molecular complexity index is 120. The van der Waals surface area contributed by atoms with Crippen LogP contribution in [0, 0.1) is 11.8 Å². The van der Waals surface area contributed by atoms with E-state index in [1.54, 1.807) is 0 Å². The highest BCUT2D eigenvalue weighted by Crippen LogP contribution is 2.28. The lowest BCUT2D eigenvalue weighted by Crippen LogP contribution is -2.07. The van der Waals surface area contributed by atoms with Crippen molar-refractivity contribution in [3.63, 3.8) is 0 Å². The van der Waals surface area contributed by atoms with Crippen LogP contribution in [0.25, 0.3) is 0 Å². The second-order valence-corrected chi connectivity index (χ2v) is 4.29. The topological polar surface area (TPSA) is 0 Å². The summed E-state index contributed by atoms with van der Waals surface area (Å²) in [6.07, 6.45) is 12.3. The number of allylic oxidation sites excluding steroid dienone is 1. The predicted molar refractivity (Wildman–Crippen MR) is 55.2 cm³/mol. The molecule has 0 heterocycles. The molecule has 12 heavy (non-hydrogen) atoms. The fourth-order valence-corrected chi connectivity index (χ4v) is 2.09. The first-order chi connectivity index (χ1) is 5.83. The molecule has 0 aromatic carbocycles. The minimum atomic E-state index is 0.729. The van der Waals surface area contributed by atoms with E-state index in [1.165, 1.54) is 44.9 Å². The van der Waals surface area contributed by atoms with Crippen molar-refractivity contribution >= 4 is 0 Å². The first-order valence-electron chi connectivity index (χ1n) is 5.45. The Kier molecular flexibility index (Phi) is 4.42. The SMILES string of the molecule is C=CC(C)CCC1CCCCC1. The van der Waals surface area contributed by atoms with E-state index in [2.05, 4.69) is 19.6 Å². The molecule has 1 fully saturated rings. The monoisotopic (exact) mass is 166 g/mol. The molecule has 1 atom stereocenters. The number of rotatable bonds is 4. The molecule has 1 aliphatic rings. The molecule has 0 aliphatic heterocycles. The smallest absolute Gasteiger partial charge is 0.0265 e. The van der Waals surface area contributed by atoms with Crippen LogP contribution >= 0.6 is 0 Å². The lowest BCUT2D eigenvalue weighted by molar-refractivity contribution is 0.322. The van der Waals surface area contributed by atoms with Crippen molar-refractivity contribution in [2.24, 2.45) is 11.8 Å². The third kappa shape index (κ3) is 3.42. The van der Waals surface area contributed by atoms with E-state index in [0.29, 0.717) is 0 Å². The zero-order valence-corrected chi connectivity index (χ0v) is 8.39. The lowest BCUT2D eigenvalue weighted by atomic mass is 9.84. The number of hydrogen-bond donors (Lipinski definition) is 0. The van der Waals surface area contributed by atoms with Crippen molar-refractivity contribution in [1.29, 1.82) is 0 Å². The summed E-state index contributed by atoms with van der Waals surface area (Å²) in [7, 11) is 0. The third-order valence-electron chi connectivity index (χ3n) is 3.16. The van der Waals surface area contributed by atoms with Crippen molar-refractivity contribution in [1.82, 2.24) is 0 Å². The zero-order valence-electron chi connectivity index (χ0n) is 8.39. The molecule has 1 rings (SSSR count). The summed E-state index contributed by atoms with van der Waals surface area (Å²) in [5, 5.41) is 0. The largest absolute Gasteiger partial charge is 0.103 e. The molecular weight excluding hydrogens is 144 g/mol. The Morgan fingerprint density at radius 2 is 2.00 bits per heavy atom. The van der Waals surface area contributed by atoms with E-state index in [4.69, 9.17) is 0 Å². The van der Waals surface area contributed by atoms with Crippen molar-refractivity contribution in [3.8, 4) is 0 Å². The lowest BCUT2D eigenvalue weighted by Gasteiger charge is -2.22. The van der Waals surface area contributed by atoms with Crippen LogP contribution in [0.4, 0.5) is 0 Å². The van der Waals surface area contributed by atoms with E-state index in [0.717, 1.165) is 11.8 Å². The van der Waals surface area contributed by atoms with Crippen LogP contribution in [-0.4, -0.2) is 0 Å². The number of hydrogen-bond acceptors (Lipinski definition) is 0. The Labute approximate surface area is 77.1 Å². The molecule has 1 unspecified atom stereocenters. The van der Waals surface area contributed by atoms with Gasteiger partial charge < -0.3 is 0 Å². The highest BCUT2D eigenvalue weighted by molar-refractivity contribution is 4.76. The summed E-state index contributed by atoms with van der Waals surface area (Å²) >= 11 is 0. The quantitative estimate of drug-likeness (QED) is 0.550. The first kappa shape index (κ1) is 9.83. The summed E-state index contributed by atoms with van der Waals surface area (Å²) in [6.45, 7) is 6.10. The van der Waals surface area contributed by atoms with Gasteiger partial charge in [-0.2, -0.15) is 0 Å². The molecule has 0 amide bonds. The average Bonchev–Trinajstić information content (AvgIpc) is 2.16. The Morgan fingerprint density at radius 1 is 1.33 bits per heavy atom. The molecule has 0 saturated heterocycles. The molecule has 0 bridgehead atoms. The first-order valence-corrected chi connectivity index (χ1v) is 5.45. The van der Waals surface area contributed by atoms with Crippen molar-refractivity contribution in [3.05, 3.63) is 12.7 Å². The van der Waals surface area contributed by atoms with Gasteiger partial charge in [0.15, 0.2) is 0 Å². The van der Waals surface area contributed by atoms with Crippen LogP contribution in [0.3, 0.4) is 0 Å². The van der Waals surface area contributed by atoms with Crippen LogP contribution in [0.1, 0.15) is 51.9 Å². The van der Waals surface area contributed by atoms with E-state index < -0.39 is 0 Å². The van der Waals surface area contributed by atoms with Gasteiger partial charge in [-0.3, -0.25) is 0 Å². The van der Waals surface area contributed by atoms with Gasteiger partial charge in [-0.05, 0) is 24.7 Å². The fraction of sp³-hybridized carbons (Fsp3) is 0.833. The molecule has 0 heteroatoms. The van der Waals surface area contributed by atoms with Gasteiger partial charge >= 0.3 is 0 Å². The van der Waals surface area contributed by atoms with Crippen LogP contribution < -0.4 is 0 Å². The van der Waals surface area contributed by atoms with Gasteiger partial charge in [0, 0.05) is 0 Å². The maximum Gasteiger partial charge on any atom is -0.0265 e. The minimum absolute atomic E-state index is 0.729. The Hall–Kier alpha value is -0.260. The van der Waals surface area contributed by atoms with Crippen LogP contribution in [0.2, 0.25) is 0 Å². The van der Waals surface area contributed by atoms with E-state index in [-0.39, 0.29) is 0 Å². The summed E-state index contributed by atoms with van der Waals surface area (Å²) in [5.41, 5.74) is 0. The molecule has 1 saturated carbocycles. The summed E-state index contributed by atoms with van der Waals surface area (Å²) in [6, 6.07) is 0. The highest BCUT2D eigenvalue weighted by atomic mass is 14.2. The fourth-order valence-electron chi connectivity index (χ4n) is 2.09. The van der Waals surface area contributed by atoms with Gasteiger partial charge in [0.1, 0.15) is 0 Å². The van der Waals surface area contributed by atoms with Gasteiger partial charge in [0.25, 0.3) is 0 Å². The molecule has 0 N–H and O–H groups in total. The van der Waals surface area contributed by atoms with Gasteiger partial charge in [0.05, 0.1) is 0 Å². The molecule has 70 valence electrons. The second kappa shape index (κ2) is 5.40. The molecule has 1 aliphatic carbocycles. The predicted octanol–water partition coefficient (Wildman–Crippen LogP) is 4.17. The zero-order chi connectivity index (χ0) is 8.81. The maximum absolute atomic E-state index is 3.82. The Morgan fingerprint density at radius 3 is 2.58 bits per heavy atom. The maximum atomic E-state index is 3.82. The van der Waals surface area contributed by atoms with Gasteiger partial charge in [-0.1, -0.05) is 45.1 Å². The van der Waals surface area contributed by atoms with Crippen molar-refractivity contribution in [2.45, 2.75) is 51.9 Å². The minimum Gasteiger partial charge on any atom is -0.103 e. The van der Waals surface area contributed by atoms with E-state index in [1.807, 2.05) is 0 Å². The Balaban J connectivity index is 2.08. The standard InChI is InChI=1S/C12H22/c1-3-11(2)9-10-12-7-5-4-6-8-12/h3,11-12H,1,4-10H2,2H3. The summed E-state index contributed by atoms with van der Waals surface area (Å²) in [5.74, 6) is 1.77. The molecule has 0 radical (unpaired) electrons. The molecule has 0 spiro atoms.